The fourth-order valence-corrected chi connectivity index (χ4v) is 5.19. The Morgan fingerprint density at radius 1 is 0.385 bits per heavy atom. The van der Waals surface area contributed by atoms with Gasteiger partial charge < -0.3 is 4.74 Å². The Morgan fingerprint density at radius 3 is 1.00 bits per heavy atom. The SMILES string of the molecule is O=C(CCCCCCCCCCCc1ccccc1)OC(=O)CCCCCCCCCCCc1ccccc1. The Bertz CT molecular complexity index is 775. The van der Waals surface area contributed by atoms with Gasteiger partial charge in [0.15, 0.2) is 0 Å². The van der Waals surface area contributed by atoms with Crippen molar-refractivity contribution >= 4 is 11.9 Å². The molecule has 0 aliphatic rings. The number of unbranched alkanes of at least 4 members (excludes halogenated alkanes) is 16. The highest BCUT2D eigenvalue weighted by atomic mass is 16.6. The molecule has 0 spiro atoms. The minimum Gasteiger partial charge on any atom is -0.393 e. The third-order valence-corrected chi connectivity index (χ3v) is 7.61. The van der Waals surface area contributed by atoms with Gasteiger partial charge in [-0.2, -0.15) is 0 Å². The van der Waals surface area contributed by atoms with E-state index in [-0.39, 0.29) is 11.9 Å². The van der Waals surface area contributed by atoms with Crippen molar-refractivity contribution in [2.24, 2.45) is 0 Å². The lowest BCUT2D eigenvalue weighted by molar-refractivity contribution is -0.159. The highest BCUT2D eigenvalue weighted by molar-refractivity contribution is 5.85. The molecule has 0 radical (unpaired) electrons. The molecule has 0 fully saturated rings. The molecular weight excluding hydrogens is 480 g/mol. The molecule has 0 amide bonds. The molecule has 0 bridgehead atoms. The summed E-state index contributed by atoms with van der Waals surface area (Å²) in [5.74, 6) is -0.684. The number of esters is 2. The molecule has 3 nitrogen and oxygen atoms in total. The quantitative estimate of drug-likeness (QED) is 0.0764. The number of aryl methyl sites for hydroxylation is 2. The predicted octanol–water partition coefficient (Wildman–Crippen LogP) is 10.3. The van der Waals surface area contributed by atoms with Crippen LogP contribution in [0.3, 0.4) is 0 Å². The van der Waals surface area contributed by atoms with Gasteiger partial charge in [0.05, 0.1) is 0 Å². The van der Waals surface area contributed by atoms with E-state index in [4.69, 9.17) is 4.74 Å². The van der Waals surface area contributed by atoms with E-state index in [0.29, 0.717) is 12.8 Å². The minimum absolute atomic E-state index is 0.342. The van der Waals surface area contributed by atoms with E-state index in [0.717, 1.165) is 25.7 Å². The summed E-state index contributed by atoms with van der Waals surface area (Å²) in [6.45, 7) is 0. The van der Waals surface area contributed by atoms with Gasteiger partial charge in [0, 0.05) is 12.8 Å². The van der Waals surface area contributed by atoms with Crippen LogP contribution in [0.5, 0.6) is 0 Å². The fourth-order valence-electron chi connectivity index (χ4n) is 5.19. The maximum Gasteiger partial charge on any atom is 0.313 e. The normalized spacial score (nSPS) is 11.0. The van der Waals surface area contributed by atoms with Gasteiger partial charge in [-0.05, 0) is 49.7 Å². The van der Waals surface area contributed by atoms with Gasteiger partial charge >= 0.3 is 11.9 Å². The van der Waals surface area contributed by atoms with E-state index in [9.17, 15) is 9.59 Å². The molecule has 2 aromatic rings. The smallest absolute Gasteiger partial charge is 0.313 e. The summed E-state index contributed by atoms with van der Waals surface area (Å²) >= 11 is 0. The van der Waals surface area contributed by atoms with Crippen molar-refractivity contribution in [3.8, 4) is 0 Å². The fraction of sp³-hybridized carbons (Fsp3) is 0.611. The second-order valence-electron chi connectivity index (χ2n) is 11.2. The van der Waals surface area contributed by atoms with Crippen LogP contribution in [-0.2, 0) is 27.2 Å². The summed E-state index contributed by atoms with van der Waals surface area (Å²) in [4.78, 5) is 23.8. The van der Waals surface area contributed by atoms with Crippen LogP contribution in [0, 0.1) is 0 Å². The predicted molar refractivity (Wildman–Crippen MR) is 164 cm³/mol. The van der Waals surface area contributed by atoms with Crippen molar-refractivity contribution in [2.45, 2.75) is 141 Å². The summed E-state index contributed by atoms with van der Waals surface area (Å²) in [6.07, 6.45) is 24.7. The molecule has 0 N–H and O–H groups in total. The van der Waals surface area contributed by atoms with Gasteiger partial charge in [-0.25, -0.2) is 0 Å². The average molecular weight is 535 g/mol. The molecule has 0 atom stereocenters. The third kappa shape index (κ3) is 19.3. The van der Waals surface area contributed by atoms with Crippen LogP contribution < -0.4 is 0 Å². The zero-order chi connectivity index (χ0) is 27.6. The standard InChI is InChI=1S/C36H54O3/c37-35(31-23-13-9-5-1-3-7-11-17-25-33-27-19-15-20-28-33)39-36(38)32-24-14-10-6-2-4-8-12-18-26-34-29-21-16-22-30-34/h15-16,19-22,27-30H,1-14,17-18,23-26,31-32H2. The van der Waals surface area contributed by atoms with Gasteiger partial charge in [0.1, 0.15) is 0 Å². The van der Waals surface area contributed by atoms with E-state index >= 15 is 0 Å². The van der Waals surface area contributed by atoms with Crippen LogP contribution in [0.1, 0.15) is 140 Å². The van der Waals surface area contributed by atoms with Gasteiger partial charge in [-0.3, -0.25) is 9.59 Å². The van der Waals surface area contributed by atoms with Crippen molar-refractivity contribution in [1.29, 1.82) is 0 Å². The first-order chi connectivity index (χ1) is 19.2. The number of benzene rings is 2. The number of ether oxygens (including phenoxy) is 1. The van der Waals surface area contributed by atoms with Crippen LogP contribution in [0.25, 0.3) is 0 Å². The zero-order valence-corrected chi connectivity index (χ0v) is 24.6. The van der Waals surface area contributed by atoms with Gasteiger partial charge in [0.25, 0.3) is 0 Å². The van der Waals surface area contributed by atoms with E-state index in [2.05, 4.69) is 60.7 Å². The summed E-state index contributed by atoms with van der Waals surface area (Å²) in [6, 6.07) is 21.5. The monoisotopic (exact) mass is 534 g/mol. The number of hydrogen-bond acceptors (Lipinski definition) is 3. The molecule has 39 heavy (non-hydrogen) atoms. The van der Waals surface area contributed by atoms with E-state index < -0.39 is 0 Å². The summed E-state index contributed by atoms with van der Waals surface area (Å²) in [7, 11) is 0. The molecule has 0 aliphatic heterocycles. The van der Waals surface area contributed by atoms with Crippen LogP contribution in [0.2, 0.25) is 0 Å². The first kappa shape index (κ1) is 32.8. The molecule has 0 saturated heterocycles. The molecule has 216 valence electrons. The van der Waals surface area contributed by atoms with Crippen molar-refractivity contribution in [1.82, 2.24) is 0 Å². The van der Waals surface area contributed by atoms with Gasteiger partial charge in [-0.15, -0.1) is 0 Å². The van der Waals surface area contributed by atoms with Crippen molar-refractivity contribution in [2.75, 3.05) is 0 Å². The van der Waals surface area contributed by atoms with Crippen LogP contribution in [-0.4, -0.2) is 11.9 Å². The minimum atomic E-state index is -0.342. The average Bonchev–Trinajstić information content (AvgIpc) is 2.95. The molecule has 0 unspecified atom stereocenters. The largest absolute Gasteiger partial charge is 0.393 e. The number of carbonyl (C=O) groups excluding carboxylic acids is 2. The molecular formula is C36H54O3. The zero-order valence-electron chi connectivity index (χ0n) is 24.6. The van der Waals surface area contributed by atoms with Crippen molar-refractivity contribution in [3.63, 3.8) is 0 Å². The number of carbonyl (C=O) groups is 2. The lowest BCUT2D eigenvalue weighted by Gasteiger charge is -2.05. The van der Waals surface area contributed by atoms with E-state index in [1.807, 2.05) is 0 Å². The second-order valence-corrected chi connectivity index (χ2v) is 11.2. The lowest BCUT2D eigenvalue weighted by Crippen LogP contribution is -2.11. The van der Waals surface area contributed by atoms with Crippen LogP contribution in [0.15, 0.2) is 60.7 Å². The maximum atomic E-state index is 11.9. The van der Waals surface area contributed by atoms with E-state index in [1.165, 1.54) is 114 Å². The molecule has 0 aliphatic carbocycles. The third-order valence-electron chi connectivity index (χ3n) is 7.61. The van der Waals surface area contributed by atoms with Crippen LogP contribution >= 0.6 is 0 Å². The van der Waals surface area contributed by atoms with Gasteiger partial charge in [-0.1, -0.05) is 151 Å². The highest BCUT2D eigenvalue weighted by Gasteiger charge is 2.10. The second kappa shape index (κ2) is 23.5. The molecule has 0 heterocycles. The number of hydrogen-bond donors (Lipinski definition) is 0. The molecule has 2 aromatic carbocycles. The summed E-state index contributed by atoms with van der Waals surface area (Å²) in [5.41, 5.74) is 2.89. The molecule has 2 rings (SSSR count). The Balaban J connectivity index is 1.27. The van der Waals surface area contributed by atoms with Crippen molar-refractivity contribution < 1.29 is 14.3 Å². The summed E-state index contributed by atoms with van der Waals surface area (Å²) < 4.78 is 5.00. The topological polar surface area (TPSA) is 43.4 Å². The Morgan fingerprint density at radius 2 is 0.667 bits per heavy atom. The van der Waals surface area contributed by atoms with Gasteiger partial charge in [0.2, 0.25) is 0 Å². The molecule has 0 aromatic heterocycles. The Kier molecular flexibility index (Phi) is 19.7. The van der Waals surface area contributed by atoms with E-state index in [1.54, 1.807) is 0 Å². The Hall–Kier alpha value is -2.42. The highest BCUT2D eigenvalue weighted by Crippen LogP contribution is 2.14. The molecule has 0 saturated carbocycles. The first-order valence-electron chi connectivity index (χ1n) is 16.1. The number of rotatable bonds is 24. The molecule has 3 heteroatoms. The first-order valence-corrected chi connectivity index (χ1v) is 16.1. The maximum absolute atomic E-state index is 11.9. The Labute approximate surface area is 239 Å². The summed E-state index contributed by atoms with van der Waals surface area (Å²) in [5, 5.41) is 0. The van der Waals surface area contributed by atoms with Crippen molar-refractivity contribution in [3.05, 3.63) is 71.8 Å². The lowest BCUT2D eigenvalue weighted by atomic mass is 10.0. The van der Waals surface area contributed by atoms with Crippen LogP contribution in [0.4, 0.5) is 0 Å².